The second kappa shape index (κ2) is 9.63. The number of anilines is 1. The van der Waals surface area contributed by atoms with Crippen molar-refractivity contribution in [2.45, 2.75) is 33.1 Å². The van der Waals surface area contributed by atoms with Crippen LogP contribution in [-0.4, -0.2) is 45.9 Å². The van der Waals surface area contributed by atoms with Crippen LogP contribution in [0.1, 0.15) is 33.1 Å². The first-order valence-electron chi connectivity index (χ1n) is 9.06. The number of rotatable bonds is 10. The fourth-order valence-electron chi connectivity index (χ4n) is 2.91. The van der Waals surface area contributed by atoms with Crippen LogP contribution in [0.25, 0.3) is 0 Å². The molecule has 1 saturated heterocycles. The van der Waals surface area contributed by atoms with Crippen LogP contribution in [0.4, 0.5) is 5.69 Å². The normalized spacial score (nSPS) is 19.6. The highest BCUT2D eigenvalue weighted by Gasteiger charge is 2.41. The van der Waals surface area contributed by atoms with Gasteiger partial charge in [0.1, 0.15) is 0 Å². The zero-order valence-corrected chi connectivity index (χ0v) is 15.5. The summed E-state index contributed by atoms with van der Waals surface area (Å²) in [7, 11) is 1.63. The Bertz CT molecular complexity index is 556. The lowest BCUT2D eigenvalue weighted by Gasteiger charge is -2.26. The number of nitrogens with one attached hydrogen (secondary N) is 2. The van der Waals surface area contributed by atoms with Gasteiger partial charge in [0.2, 0.25) is 5.91 Å². The monoisotopic (exact) mass is 350 g/mol. The van der Waals surface area contributed by atoms with Gasteiger partial charge in [-0.2, -0.15) is 0 Å². The molecule has 1 amide bonds. The molecule has 1 aromatic rings. The molecule has 1 heterocycles. The van der Waals surface area contributed by atoms with Crippen molar-refractivity contribution in [1.29, 1.82) is 0 Å². The van der Waals surface area contributed by atoms with Gasteiger partial charge in [-0.15, -0.1) is 0 Å². The zero-order valence-electron chi connectivity index (χ0n) is 15.5. The van der Waals surface area contributed by atoms with Crippen LogP contribution in [0.3, 0.4) is 0 Å². The average Bonchev–Trinajstić information content (AvgIpc) is 3.09. The molecule has 1 aliphatic heterocycles. The Hall–Kier alpha value is -1.79. The van der Waals surface area contributed by atoms with E-state index >= 15 is 0 Å². The Morgan fingerprint density at radius 1 is 1.20 bits per heavy atom. The first-order chi connectivity index (χ1) is 12.1. The number of carbonyl (C=O) groups is 1. The van der Waals surface area contributed by atoms with E-state index in [1.807, 2.05) is 18.2 Å². The Balaban J connectivity index is 2.13. The number of carbonyl (C=O) groups excluding carboxylic acids is 1. The van der Waals surface area contributed by atoms with Crippen molar-refractivity contribution < 1.29 is 19.0 Å². The van der Waals surface area contributed by atoms with E-state index in [0.717, 1.165) is 25.8 Å². The van der Waals surface area contributed by atoms with Crippen molar-refractivity contribution in [1.82, 2.24) is 5.32 Å². The third-order valence-electron chi connectivity index (χ3n) is 4.27. The molecule has 25 heavy (non-hydrogen) atoms. The lowest BCUT2D eigenvalue weighted by molar-refractivity contribution is -0.127. The van der Waals surface area contributed by atoms with Crippen molar-refractivity contribution in [2.75, 3.05) is 45.3 Å². The molecular formula is C19H30N2O4. The van der Waals surface area contributed by atoms with Gasteiger partial charge in [-0.25, -0.2) is 0 Å². The van der Waals surface area contributed by atoms with Gasteiger partial charge in [0.25, 0.3) is 0 Å². The molecule has 0 radical (unpaired) electrons. The topological polar surface area (TPSA) is 68.8 Å². The van der Waals surface area contributed by atoms with Crippen LogP contribution >= 0.6 is 0 Å². The third kappa shape index (κ3) is 5.09. The molecule has 0 aliphatic carbocycles. The van der Waals surface area contributed by atoms with Crippen molar-refractivity contribution in [2.24, 2.45) is 5.41 Å². The highest BCUT2D eigenvalue weighted by molar-refractivity contribution is 5.96. The summed E-state index contributed by atoms with van der Waals surface area (Å²) in [5.74, 6) is 1.35. The van der Waals surface area contributed by atoms with Crippen molar-refractivity contribution in [3.8, 4) is 11.5 Å². The summed E-state index contributed by atoms with van der Waals surface area (Å²) in [6, 6.07) is 5.54. The number of benzene rings is 1. The van der Waals surface area contributed by atoms with Crippen LogP contribution < -0.4 is 20.1 Å². The maximum atomic E-state index is 12.8. The minimum absolute atomic E-state index is 0.0250. The Labute approximate surface area is 150 Å². The molecule has 1 aliphatic rings. The quantitative estimate of drug-likeness (QED) is 0.679. The molecule has 140 valence electrons. The van der Waals surface area contributed by atoms with Gasteiger partial charge in [-0.1, -0.05) is 13.8 Å². The van der Waals surface area contributed by atoms with Crippen LogP contribution in [0.2, 0.25) is 0 Å². The molecule has 1 atom stereocenters. The lowest BCUT2D eigenvalue weighted by Crippen LogP contribution is -2.41. The molecule has 0 aromatic heterocycles. The molecule has 0 spiro atoms. The molecule has 1 fully saturated rings. The van der Waals surface area contributed by atoms with Gasteiger partial charge in [0.15, 0.2) is 11.5 Å². The largest absolute Gasteiger partial charge is 0.490 e. The fraction of sp³-hybridized carbons (Fsp3) is 0.632. The molecular weight excluding hydrogens is 320 g/mol. The first kappa shape index (κ1) is 19.5. The van der Waals surface area contributed by atoms with Gasteiger partial charge in [-0.05, 0) is 37.9 Å². The van der Waals surface area contributed by atoms with E-state index in [0.29, 0.717) is 43.6 Å². The molecule has 0 saturated carbocycles. The van der Waals surface area contributed by atoms with Gasteiger partial charge >= 0.3 is 0 Å². The molecule has 2 N–H and O–H groups in total. The van der Waals surface area contributed by atoms with Crippen molar-refractivity contribution >= 4 is 11.6 Å². The van der Waals surface area contributed by atoms with Gasteiger partial charge in [0, 0.05) is 25.4 Å². The van der Waals surface area contributed by atoms with Crippen molar-refractivity contribution in [3.05, 3.63) is 18.2 Å². The number of amides is 1. The fourth-order valence-corrected chi connectivity index (χ4v) is 2.91. The summed E-state index contributed by atoms with van der Waals surface area (Å²) >= 11 is 0. The summed E-state index contributed by atoms with van der Waals surface area (Å²) < 4.78 is 16.8. The van der Waals surface area contributed by atoms with E-state index in [2.05, 4.69) is 24.5 Å². The van der Waals surface area contributed by atoms with E-state index in [-0.39, 0.29) is 5.91 Å². The number of ether oxygens (including phenoxy) is 3. The van der Waals surface area contributed by atoms with E-state index in [1.54, 1.807) is 7.11 Å². The first-order valence-corrected chi connectivity index (χ1v) is 9.06. The molecule has 1 unspecified atom stereocenters. The summed E-state index contributed by atoms with van der Waals surface area (Å²) in [5, 5.41) is 6.27. The summed E-state index contributed by atoms with van der Waals surface area (Å²) in [6.45, 7) is 7.22. The Kier molecular flexibility index (Phi) is 7.52. The summed E-state index contributed by atoms with van der Waals surface area (Å²) in [5.41, 5.74) is 0.193. The zero-order chi connectivity index (χ0) is 18.1. The minimum Gasteiger partial charge on any atom is -0.490 e. The van der Waals surface area contributed by atoms with E-state index in [1.165, 1.54) is 0 Å². The van der Waals surface area contributed by atoms with Crippen LogP contribution in [-0.2, 0) is 9.53 Å². The van der Waals surface area contributed by atoms with Gasteiger partial charge in [0.05, 0.1) is 25.2 Å². The molecule has 6 heteroatoms. The molecule has 2 rings (SSSR count). The van der Waals surface area contributed by atoms with Crippen LogP contribution in [0.5, 0.6) is 11.5 Å². The number of hydrogen-bond acceptors (Lipinski definition) is 5. The number of hydrogen-bond donors (Lipinski definition) is 2. The summed E-state index contributed by atoms with van der Waals surface area (Å²) in [4.78, 5) is 12.8. The lowest BCUT2D eigenvalue weighted by atomic mass is 9.87. The number of methoxy groups -OCH3 is 1. The van der Waals surface area contributed by atoms with Gasteiger partial charge < -0.3 is 24.8 Å². The van der Waals surface area contributed by atoms with E-state index < -0.39 is 5.41 Å². The average molecular weight is 350 g/mol. The van der Waals surface area contributed by atoms with E-state index in [9.17, 15) is 4.79 Å². The maximum Gasteiger partial charge on any atom is 0.234 e. The van der Waals surface area contributed by atoms with Crippen molar-refractivity contribution in [3.63, 3.8) is 0 Å². The third-order valence-corrected chi connectivity index (χ3v) is 4.27. The van der Waals surface area contributed by atoms with Gasteiger partial charge in [-0.3, -0.25) is 4.79 Å². The van der Waals surface area contributed by atoms with Crippen LogP contribution in [0.15, 0.2) is 18.2 Å². The molecule has 1 aromatic carbocycles. The highest BCUT2D eigenvalue weighted by Crippen LogP contribution is 2.33. The smallest absolute Gasteiger partial charge is 0.234 e. The Morgan fingerprint density at radius 3 is 2.52 bits per heavy atom. The SMILES string of the molecule is CCCOc1ccc(NC(=O)C2(COC)CCNC2)cc1OCCC. The standard InChI is InChI=1S/C19H30N2O4/c1-4-10-24-16-7-6-15(12-17(16)25-11-5-2)21-18(22)19(14-23-3)8-9-20-13-19/h6-7,12,20H,4-5,8-11,13-14H2,1-3H3,(H,21,22). The Morgan fingerprint density at radius 2 is 1.92 bits per heavy atom. The maximum absolute atomic E-state index is 12.8. The minimum atomic E-state index is -0.517. The van der Waals surface area contributed by atoms with E-state index in [4.69, 9.17) is 14.2 Å². The second-order valence-corrected chi connectivity index (χ2v) is 6.45. The predicted octanol–water partition coefficient (Wildman–Crippen LogP) is 2.83. The summed E-state index contributed by atoms with van der Waals surface area (Å²) in [6.07, 6.45) is 2.61. The predicted molar refractivity (Wildman–Crippen MR) is 98.4 cm³/mol. The van der Waals surface area contributed by atoms with Crippen LogP contribution in [0, 0.1) is 5.41 Å². The highest BCUT2D eigenvalue weighted by atomic mass is 16.5. The molecule has 0 bridgehead atoms. The molecule has 6 nitrogen and oxygen atoms in total. The second-order valence-electron chi connectivity index (χ2n) is 6.45.